The van der Waals surface area contributed by atoms with Crippen LogP contribution in [0, 0.1) is 0 Å². The van der Waals surface area contributed by atoms with Crippen LogP contribution in [0.3, 0.4) is 0 Å². The van der Waals surface area contributed by atoms with Gasteiger partial charge in [-0.05, 0) is 214 Å². The van der Waals surface area contributed by atoms with Crippen LogP contribution in [-0.4, -0.2) is 222 Å². The van der Waals surface area contributed by atoms with Gasteiger partial charge in [0, 0.05) is 52.4 Å². The number of ether oxygens (including phenoxy) is 4. The molecule has 4 fully saturated rings. The van der Waals surface area contributed by atoms with Crippen LogP contribution < -0.4 is 40.6 Å². The Hall–Kier alpha value is -9.72. The molecule has 9 atom stereocenters. The van der Waals surface area contributed by atoms with Gasteiger partial charge in [0.15, 0.2) is 44.7 Å². The van der Waals surface area contributed by atoms with Crippen molar-refractivity contribution in [3.63, 3.8) is 0 Å². The first-order chi connectivity index (χ1) is 50.7. The van der Waals surface area contributed by atoms with Crippen LogP contribution in [0.5, 0.6) is 23.0 Å². The number of benzene rings is 4. The number of anilines is 3. The number of thioether (sulfide) groups is 2. The summed E-state index contributed by atoms with van der Waals surface area (Å²) in [6.45, 7) is 0. The fourth-order valence-corrected chi connectivity index (χ4v) is 16.9. The molecule has 3 unspecified atom stereocenters. The summed E-state index contributed by atoms with van der Waals surface area (Å²) in [6, 6.07) is 31.2. The molecule has 8 aromatic heterocycles. The van der Waals surface area contributed by atoms with Gasteiger partial charge in [0.2, 0.25) is 23.1 Å². The Kier molecular flexibility index (Phi) is 25.6. The topological polar surface area (TPSA) is 408 Å². The SMILES string of the molecule is C=S(C)(=O)[C@H]1CC[C@@H](Nc2ncc3nnn(-c4ccc(OC)cc4)c3n2)C1.COc1ccc(-n2nnc3cnc(Cl)nc32)cc1.COc1ccc(-n2nnc3cnc(N[C@@H]4CC[C@@H](S(C)(=O)=O)C4)nc32)cc1.COc1ccc(-n2nnc3cnc(N[C@@H]4CC[C@@H](SC)C4)nc32)cc1.CSC1CCC(N)C1.O. The van der Waals surface area contributed by atoms with Gasteiger partial charge in [-0.15, -0.1) is 20.4 Å². The van der Waals surface area contributed by atoms with Crippen molar-refractivity contribution in [3.8, 4) is 45.7 Å². The molecule has 4 aromatic carbocycles. The summed E-state index contributed by atoms with van der Waals surface area (Å²) >= 11 is 9.67. The van der Waals surface area contributed by atoms with Crippen LogP contribution >= 0.6 is 35.1 Å². The van der Waals surface area contributed by atoms with E-state index in [4.69, 9.17) is 36.3 Å². The maximum absolute atomic E-state index is 12.2. The molecule has 4 saturated carbocycles. The molecule has 0 aliphatic heterocycles. The molecule has 16 rings (SSSR count). The lowest BCUT2D eigenvalue weighted by molar-refractivity contribution is 0.414. The first-order valence-corrected chi connectivity index (χ1v) is 41.0. The number of halogens is 1. The standard InChI is InChI=1S/C18H22N6O2S.C17H20N6O3S.C17H20N6OS.C11H8ClN5O.C6H13NS.H2O/c1-26-14-7-5-13(6-8-14)24-17-16(22-23-24)11-19-18(21-17)20-12-4-9-15(10-12)27(2,3)25;1-26-13-6-4-12(5-7-13)23-16-15(21-22-23)10-18-17(20-16)19-11-3-8-14(9-11)27(2,24)25;1-24-13-6-4-12(5-7-13)23-16-15(21-22-23)10-18-17(20-16)19-11-3-8-14(9-11)25-2;1-18-8-4-2-7(3-5-8)17-10-9(15-16-17)6-13-11(12)14-10;1-8-6-3-2-5(7)4-6;/h5-8,11-12,15H,2,4,9-10H2,1,3H3,(H,19,20,21);4-7,10-11,14H,3,8-9H2,1-2H3,(H,18,19,20);4-7,10-11,14H,3,8-9H2,1-2H3,(H,18,19,20);2-6H,1H3;5-6H,2-4,7H2,1H3;1H2/t12-,15+,27?;2*11-,14-;;;/m111.../s1. The van der Waals surface area contributed by atoms with Crippen molar-refractivity contribution in [2.75, 3.05) is 69.4 Å². The second-order valence-electron chi connectivity index (χ2n) is 25.7. The fraction of sp³-hybridized carbons (Fsp3) is 0.406. The summed E-state index contributed by atoms with van der Waals surface area (Å²) in [5.41, 5.74) is 14.0. The number of fused-ring (bicyclic) bond motifs is 4. The fourth-order valence-electron chi connectivity index (χ4n) is 12.7. The summed E-state index contributed by atoms with van der Waals surface area (Å²) in [4.78, 5) is 34.8. The Labute approximate surface area is 626 Å². The Morgan fingerprint density at radius 1 is 0.443 bits per heavy atom. The highest BCUT2D eigenvalue weighted by molar-refractivity contribution is 8.00. The second kappa shape index (κ2) is 35.1. The summed E-state index contributed by atoms with van der Waals surface area (Å²) in [7, 11) is 1.47. The van der Waals surface area contributed by atoms with Gasteiger partial charge in [0.25, 0.3) is 0 Å². The van der Waals surface area contributed by atoms with Gasteiger partial charge in [-0.1, -0.05) is 20.9 Å². The average molecular weight is 1540 g/mol. The van der Waals surface area contributed by atoms with Crippen molar-refractivity contribution in [2.24, 2.45) is 5.73 Å². The molecule has 37 heteroatoms. The van der Waals surface area contributed by atoms with Crippen LogP contribution in [0.1, 0.15) is 77.0 Å². The zero-order valence-electron chi connectivity index (χ0n) is 59.7. The van der Waals surface area contributed by atoms with Gasteiger partial charge in [-0.2, -0.15) is 62.2 Å². The van der Waals surface area contributed by atoms with Gasteiger partial charge in [0.1, 0.15) is 32.8 Å². The van der Waals surface area contributed by atoms with Gasteiger partial charge < -0.3 is 46.1 Å². The maximum Gasteiger partial charge on any atom is 0.225 e. The van der Waals surface area contributed by atoms with Crippen LogP contribution in [0.2, 0.25) is 5.28 Å². The molecule has 0 spiro atoms. The van der Waals surface area contributed by atoms with Gasteiger partial charge in [-0.3, -0.25) is 4.21 Å². The molecule has 32 nitrogen and oxygen atoms in total. The number of hydrogen-bond acceptors (Lipinski definition) is 29. The summed E-state index contributed by atoms with van der Waals surface area (Å²) < 4.78 is 62.9. The number of sulfone groups is 1. The van der Waals surface area contributed by atoms with Crippen molar-refractivity contribution >= 4 is 123 Å². The predicted octanol–water partition coefficient (Wildman–Crippen LogP) is 8.69. The monoisotopic (exact) mass is 1540 g/mol. The minimum Gasteiger partial charge on any atom is -0.497 e. The molecule has 12 aromatic rings. The lowest BCUT2D eigenvalue weighted by atomic mass is 10.2. The quantitative estimate of drug-likeness (QED) is 0.0460. The van der Waals surface area contributed by atoms with Crippen LogP contribution in [0.4, 0.5) is 17.8 Å². The smallest absolute Gasteiger partial charge is 0.225 e. The van der Waals surface area contributed by atoms with Crippen LogP contribution in [0.25, 0.3) is 67.4 Å². The number of nitrogens with one attached hydrogen (secondary N) is 3. The molecule has 0 bridgehead atoms. The molecule has 8 heterocycles. The first kappa shape index (κ1) is 77.4. The number of nitrogens with zero attached hydrogens (tertiary/aromatic N) is 20. The normalized spacial score (nSPS) is 20.1. The Bertz CT molecular complexity index is 4950. The number of hydrogen-bond donors (Lipinski definition) is 4. The van der Waals surface area contributed by atoms with E-state index in [-0.39, 0.29) is 33.3 Å². The largest absolute Gasteiger partial charge is 0.497 e. The maximum atomic E-state index is 12.2. The van der Waals surface area contributed by atoms with Crippen LogP contribution in [-0.2, 0) is 19.4 Å². The second-order valence-corrected chi connectivity index (χ2v) is 33.5. The number of rotatable bonds is 18. The third-order valence-electron chi connectivity index (χ3n) is 18.6. The summed E-state index contributed by atoms with van der Waals surface area (Å²) in [6.07, 6.45) is 25.9. The molecule has 0 saturated heterocycles. The summed E-state index contributed by atoms with van der Waals surface area (Å²) in [5.74, 6) is 8.53. The van der Waals surface area contributed by atoms with Crippen LogP contribution in [0.15, 0.2) is 122 Å². The van der Waals surface area contributed by atoms with E-state index in [0.717, 1.165) is 94.8 Å². The zero-order valence-corrected chi connectivity index (χ0v) is 63.8. The van der Waals surface area contributed by atoms with E-state index in [1.165, 1.54) is 38.1 Å². The number of methoxy groups -OCH3 is 4. The minimum atomic E-state index is -3.02. The van der Waals surface area contributed by atoms with E-state index in [1.54, 1.807) is 72.0 Å². The third kappa shape index (κ3) is 19.3. The number of nitrogens with two attached hydrogens (primary N) is 1. The number of aromatic nitrogens is 20. The van der Waals surface area contributed by atoms with Gasteiger partial charge >= 0.3 is 0 Å². The summed E-state index contributed by atoms with van der Waals surface area (Å²) in [5, 5.41) is 44.6. The average Bonchev–Trinajstić information content (AvgIpc) is 1.65. The Morgan fingerprint density at radius 2 is 0.755 bits per heavy atom. The molecule has 0 radical (unpaired) electrons. The minimum absolute atomic E-state index is 0. The molecular formula is C69H85ClN24O8S4. The van der Waals surface area contributed by atoms with E-state index in [1.807, 2.05) is 121 Å². The van der Waals surface area contributed by atoms with Gasteiger partial charge in [0.05, 0.1) is 81.2 Å². The van der Waals surface area contributed by atoms with E-state index < -0.39 is 19.4 Å². The molecule has 106 heavy (non-hydrogen) atoms. The Morgan fingerprint density at radius 3 is 1.05 bits per heavy atom. The van der Waals surface area contributed by atoms with Crippen molar-refractivity contribution in [1.82, 2.24) is 99.8 Å². The lowest BCUT2D eigenvalue weighted by Gasteiger charge is -2.14. The van der Waals surface area contributed by atoms with E-state index in [0.29, 0.717) is 87.4 Å². The van der Waals surface area contributed by atoms with Crippen molar-refractivity contribution in [1.29, 1.82) is 0 Å². The Balaban J connectivity index is 0.000000137. The van der Waals surface area contributed by atoms with Crippen molar-refractivity contribution in [3.05, 3.63) is 127 Å². The molecular weight excluding hydrogens is 1460 g/mol. The van der Waals surface area contributed by atoms with E-state index in [9.17, 15) is 12.6 Å². The molecule has 4 aliphatic carbocycles. The van der Waals surface area contributed by atoms with E-state index in [2.05, 4.69) is 115 Å². The first-order valence-electron chi connectivity index (χ1n) is 33.9. The van der Waals surface area contributed by atoms with Gasteiger partial charge in [-0.25, -0.2) is 28.4 Å². The predicted molar refractivity (Wildman–Crippen MR) is 416 cm³/mol. The molecule has 560 valence electrons. The van der Waals surface area contributed by atoms with Crippen molar-refractivity contribution in [2.45, 2.75) is 122 Å². The zero-order chi connectivity index (χ0) is 73.8. The lowest BCUT2D eigenvalue weighted by Crippen LogP contribution is -2.21. The molecule has 4 aliphatic rings. The van der Waals surface area contributed by atoms with E-state index >= 15 is 0 Å². The molecule has 7 N–H and O–H groups in total. The highest BCUT2D eigenvalue weighted by atomic mass is 35.5. The molecule has 0 amide bonds. The highest BCUT2D eigenvalue weighted by Gasteiger charge is 2.33. The van der Waals surface area contributed by atoms with Crippen molar-refractivity contribution < 1.29 is 37.1 Å². The highest BCUT2D eigenvalue weighted by Crippen LogP contribution is 2.33. The third-order valence-corrected chi connectivity index (χ3v) is 24.4.